The highest BCUT2D eigenvalue weighted by molar-refractivity contribution is 6.27. The molecule has 1 atom stereocenters. The minimum Gasteiger partial charge on any atom is -0.508 e. The first-order valence-corrected chi connectivity index (χ1v) is 9.32. The standard InChI is InChI=1S/C20H25NO.C2H2O4/c1-20(18-9-5-10-19(22)15-18)12-6-13-21(16-20)14-11-17-7-3-2-4-8-17;3-1(4)2(5)6/h2-5,7-10,15,22H,6,11-14,16H2,1H3;(H,3,4)(H,5,6). The monoisotopic (exact) mass is 385 g/mol. The molecule has 150 valence electrons. The Morgan fingerprint density at radius 1 is 1.04 bits per heavy atom. The number of hydrogen-bond donors (Lipinski definition) is 3. The molecule has 1 unspecified atom stereocenters. The third kappa shape index (κ3) is 6.39. The molecule has 0 aromatic heterocycles. The number of phenolic OH excluding ortho intramolecular Hbond substituents is 1. The number of piperidine rings is 1. The summed E-state index contributed by atoms with van der Waals surface area (Å²) in [4.78, 5) is 20.8. The van der Waals surface area contributed by atoms with Gasteiger partial charge in [0, 0.05) is 18.5 Å². The van der Waals surface area contributed by atoms with Crippen molar-refractivity contribution in [3.05, 3.63) is 65.7 Å². The molecule has 0 aliphatic carbocycles. The summed E-state index contributed by atoms with van der Waals surface area (Å²) in [5, 5.41) is 24.5. The van der Waals surface area contributed by atoms with Crippen molar-refractivity contribution in [2.75, 3.05) is 19.6 Å². The maximum absolute atomic E-state index is 9.76. The number of aliphatic carboxylic acids is 2. The summed E-state index contributed by atoms with van der Waals surface area (Å²) in [7, 11) is 0. The zero-order chi connectivity index (χ0) is 20.6. The molecule has 6 heteroatoms. The lowest BCUT2D eigenvalue weighted by atomic mass is 9.76. The van der Waals surface area contributed by atoms with E-state index in [1.807, 2.05) is 12.1 Å². The van der Waals surface area contributed by atoms with Crippen LogP contribution < -0.4 is 0 Å². The predicted molar refractivity (Wildman–Crippen MR) is 107 cm³/mol. The highest BCUT2D eigenvalue weighted by Crippen LogP contribution is 2.35. The molecule has 3 rings (SSSR count). The summed E-state index contributed by atoms with van der Waals surface area (Å²) in [5.41, 5.74) is 2.82. The number of phenols is 1. The van der Waals surface area contributed by atoms with Gasteiger partial charge in [-0.25, -0.2) is 9.59 Å². The van der Waals surface area contributed by atoms with Crippen molar-refractivity contribution >= 4 is 11.9 Å². The van der Waals surface area contributed by atoms with E-state index in [9.17, 15) is 5.11 Å². The van der Waals surface area contributed by atoms with Crippen LogP contribution in [-0.2, 0) is 21.4 Å². The lowest BCUT2D eigenvalue weighted by Gasteiger charge is -2.41. The number of nitrogens with zero attached hydrogens (tertiary/aromatic N) is 1. The molecule has 1 aliphatic heterocycles. The van der Waals surface area contributed by atoms with Gasteiger partial charge in [-0.1, -0.05) is 49.4 Å². The Morgan fingerprint density at radius 3 is 2.32 bits per heavy atom. The molecule has 0 amide bonds. The first-order chi connectivity index (χ1) is 13.3. The Kier molecular flexibility index (Phi) is 7.58. The molecule has 1 fully saturated rings. The summed E-state index contributed by atoms with van der Waals surface area (Å²) < 4.78 is 0. The average molecular weight is 385 g/mol. The lowest BCUT2D eigenvalue weighted by molar-refractivity contribution is -0.159. The molecule has 2 aromatic carbocycles. The van der Waals surface area contributed by atoms with Crippen LogP contribution in [0.2, 0.25) is 0 Å². The van der Waals surface area contributed by atoms with Crippen molar-refractivity contribution < 1.29 is 24.9 Å². The van der Waals surface area contributed by atoms with Gasteiger partial charge in [0.1, 0.15) is 5.75 Å². The van der Waals surface area contributed by atoms with Crippen LogP contribution in [0.3, 0.4) is 0 Å². The SMILES string of the molecule is CC1(c2cccc(O)c2)CCCN(CCc2ccccc2)C1.O=C(O)C(=O)O. The van der Waals surface area contributed by atoms with Crippen LogP contribution in [0.1, 0.15) is 30.9 Å². The fourth-order valence-corrected chi connectivity index (χ4v) is 3.58. The van der Waals surface area contributed by atoms with E-state index in [1.54, 1.807) is 6.07 Å². The first-order valence-electron chi connectivity index (χ1n) is 9.32. The van der Waals surface area contributed by atoms with Gasteiger partial charge in [-0.2, -0.15) is 0 Å². The Morgan fingerprint density at radius 2 is 1.71 bits per heavy atom. The highest BCUT2D eigenvalue weighted by atomic mass is 16.4. The van der Waals surface area contributed by atoms with Crippen molar-refractivity contribution in [3.8, 4) is 5.75 Å². The molecule has 0 saturated carbocycles. The second kappa shape index (κ2) is 9.90. The molecular formula is C22H27NO5. The molecule has 1 saturated heterocycles. The number of carboxylic acids is 2. The van der Waals surface area contributed by atoms with Gasteiger partial charge in [-0.3, -0.25) is 0 Å². The Hall–Kier alpha value is -2.86. The molecule has 28 heavy (non-hydrogen) atoms. The van der Waals surface area contributed by atoms with E-state index in [2.05, 4.69) is 48.2 Å². The van der Waals surface area contributed by atoms with E-state index in [4.69, 9.17) is 19.8 Å². The normalized spacial score (nSPS) is 19.3. The summed E-state index contributed by atoms with van der Waals surface area (Å²) >= 11 is 0. The van der Waals surface area contributed by atoms with E-state index in [0.29, 0.717) is 5.75 Å². The highest BCUT2D eigenvalue weighted by Gasteiger charge is 2.32. The molecule has 1 heterocycles. The number of hydrogen-bond acceptors (Lipinski definition) is 4. The van der Waals surface area contributed by atoms with Gasteiger partial charge >= 0.3 is 11.9 Å². The minimum atomic E-state index is -1.82. The lowest BCUT2D eigenvalue weighted by Crippen LogP contribution is -2.45. The summed E-state index contributed by atoms with van der Waals surface area (Å²) in [6, 6.07) is 18.5. The van der Waals surface area contributed by atoms with E-state index in [0.717, 1.165) is 19.5 Å². The fourth-order valence-electron chi connectivity index (χ4n) is 3.58. The van der Waals surface area contributed by atoms with E-state index in [1.165, 1.54) is 30.5 Å². The van der Waals surface area contributed by atoms with Crippen LogP contribution in [0.25, 0.3) is 0 Å². The van der Waals surface area contributed by atoms with Crippen LogP contribution >= 0.6 is 0 Å². The topological polar surface area (TPSA) is 98.1 Å². The Balaban J connectivity index is 0.000000409. The van der Waals surface area contributed by atoms with Gasteiger partial charge in [0.2, 0.25) is 0 Å². The number of carbonyl (C=O) groups is 2. The number of aromatic hydroxyl groups is 1. The maximum atomic E-state index is 9.76. The van der Waals surface area contributed by atoms with Crippen molar-refractivity contribution in [1.29, 1.82) is 0 Å². The Labute approximate surface area is 165 Å². The second-order valence-electron chi connectivity index (χ2n) is 7.34. The van der Waals surface area contributed by atoms with Gasteiger partial charge in [-0.05, 0) is 49.1 Å². The maximum Gasteiger partial charge on any atom is 0.414 e. The molecule has 0 spiro atoms. The zero-order valence-corrected chi connectivity index (χ0v) is 16.0. The van der Waals surface area contributed by atoms with Gasteiger partial charge in [-0.15, -0.1) is 0 Å². The van der Waals surface area contributed by atoms with Crippen LogP contribution in [0.15, 0.2) is 54.6 Å². The molecule has 6 nitrogen and oxygen atoms in total. The molecule has 1 aliphatic rings. The van der Waals surface area contributed by atoms with Crippen LogP contribution in [-0.4, -0.2) is 51.8 Å². The number of likely N-dealkylation sites (tertiary alicyclic amines) is 1. The summed E-state index contributed by atoms with van der Waals surface area (Å²) in [5.74, 6) is -3.27. The predicted octanol–water partition coefficient (Wildman–Crippen LogP) is 3.14. The van der Waals surface area contributed by atoms with E-state index >= 15 is 0 Å². The van der Waals surface area contributed by atoms with Crippen LogP contribution in [0, 0.1) is 0 Å². The molecule has 0 bridgehead atoms. The Bertz CT molecular complexity index is 781. The van der Waals surface area contributed by atoms with E-state index < -0.39 is 11.9 Å². The summed E-state index contributed by atoms with van der Waals surface area (Å²) in [6.07, 6.45) is 3.52. The average Bonchev–Trinajstić information content (AvgIpc) is 2.68. The fraction of sp³-hybridized carbons (Fsp3) is 0.364. The van der Waals surface area contributed by atoms with Gasteiger partial charge in [0.25, 0.3) is 0 Å². The number of benzene rings is 2. The van der Waals surface area contributed by atoms with E-state index in [-0.39, 0.29) is 5.41 Å². The molecule has 2 aromatic rings. The smallest absolute Gasteiger partial charge is 0.414 e. The van der Waals surface area contributed by atoms with Gasteiger partial charge < -0.3 is 20.2 Å². The van der Waals surface area contributed by atoms with Gasteiger partial charge in [0.15, 0.2) is 0 Å². The van der Waals surface area contributed by atoms with Crippen molar-refractivity contribution in [3.63, 3.8) is 0 Å². The quantitative estimate of drug-likeness (QED) is 0.700. The third-order valence-electron chi connectivity index (χ3n) is 5.06. The van der Waals surface area contributed by atoms with Crippen molar-refractivity contribution in [2.24, 2.45) is 0 Å². The largest absolute Gasteiger partial charge is 0.508 e. The first kappa shape index (κ1) is 21.4. The number of rotatable bonds is 4. The zero-order valence-electron chi connectivity index (χ0n) is 16.0. The van der Waals surface area contributed by atoms with Crippen molar-refractivity contribution in [2.45, 2.75) is 31.6 Å². The molecular weight excluding hydrogens is 358 g/mol. The van der Waals surface area contributed by atoms with Crippen LogP contribution in [0.4, 0.5) is 0 Å². The number of carboxylic acid groups (broad SMARTS) is 2. The molecule has 3 N–H and O–H groups in total. The molecule has 0 radical (unpaired) electrons. The van der Waals surface area contributed by atoms with Crippen LogP contribution in [0.5, 0.6) is 5.75 Å². The van der Waals surface area contributed by atoms with Gasteiger partial charge in [0.05, 0.1) is 0 Å². The summed E-state index contributed by atoms with van der Waals surface area (Å²) in [6.45, 7) is 5.69. The second-order valence-corrected chi connectivity index (χ2v) is 7.34. The minimum absolute atomic E-state index is 0.147. The third-order valence-corrected chi connectivity index (χ3v) is 5.06. The van der Waals surface area contributed by atoms with Crippen molar-refractivity contribution in [1.82, 2.24) is 4.90 Å².